The van der Waals surface area contributed by atoms with Gasteiger partial charge in [-0.05, 0) is 12.1 Å². The monoisotopic (exact) mass is 196 g/mol. The normalized spacial score (nSPS) is 11.7. The first-order valence-corrected chi connectivity index (χ1v) is 3.76. The third-order valence-electron chi connectivity index (χ3n) is 1.61. The Balaban J connectivity index is 2.93. The van der Waals surface area contributed by atoms with E-state index in [0.29, 0.717) is 5.56 Å². The first-order valence-electron chi connectivity index (χ1n) is 3.76. The molecule has 1 aromatic rings. The Labute approximate surface area is 79.6 Å². The highest BCUT2D eigenvalue weighted by atomic mass is 16.5. The van der Waals surface area contributed by atoms with Gasteiger partial charge >= 0.3 is 5.97 Å². The number of rotatable bonds is 4. The van der Waals surface area contributed by atoms with Crippen molar-refractivity contribution in [3.63, 3.8) is 0 Å². The topological polar surface area (TPSA) is 83.8 Å². The first kappa shape index (κ1) is 10.0. The van der Waals surface area contributed by atoms with E-state index in [-0.39, 0.29) is 12.2 Å². The number of phenols is 1. The van der Waals surface area contributed by atoms with E-state index < -0.39 is 12.1 Å². The van der Waals surface area contributed by atoms with Crippen molar-refractivity contribution in [1.82, 2.24) is 0 Å². The fraction of sp³-hybridized carbons (Fsp3) is 0.111. The zero-order valence-electron chi connectivity index (χ0n) is 7.08. The van der Waals surface area contributed by atoms with Crippen LogP contribution in [0.15, 0.2) is 24.3 Å². The lowest BCUT2D eigenvalue weighted by molar-refractivity contribution is -0.156. The molecule has 0 spiro atoms. The summed E-state index contributed by atoms with van der Waals surface area (Å²) in [5.74, 6) is -1.24. The highest BCUT2D eigenvalue weighted by Gasteiger charge is 2.20. The van der Waals surface area contributed by atoms with Crippen LogP contribution >= 0.6 is 0 Å². The number of ether oxygens (including phenoxy) is 1. The average Bonchev–Trinajstić information content (AvgIpc) is 2.15. The number of hydrogen-bond donors (Lipinski definition) is 2. The summed E-state index contributed by atoms with van der Waals surface area (Å²) in [6.07, 6.45) is -1.33. The van der Waals surface area contributed by atoms with Gasteiger partial charge in [-0.25, -0.2) is 4.79 Å². The van der Waals surface area contributed by atoms with Crippen molar-refractivity contribution in [3.05, 3.63) is 29.8 Å². The quantitative estimate of drug-likeness (QED) is 0.692. The van der Waals surface area contributed by atoms with E-state index in [2.05, 4.69) is 4.74 Å². The van der Waals surface area contributed by atoms with Gasteiger partial charge in [0.15, 0.2) is 0 Å². The summed E-state index contributed by atoms with van der Waals surface area (Å²) >= 11 is 0. The molecule has 0 aliphatic carbocycles. The summed E-state index contributed by atoms with van der Waals surface area (Å²) in [6, 6.07) is 5.38. The van der Waals surface area contributed by atoms with E-state index >= 15 is 0 Å². The Morgan fingerprint density at radius 2 is 1.93 bits per heavy atom. The van der Waals surface area contributed by atoms with Crippen LogP contribution in [0.5, 0.6) is 5.75 Å². The molecule has 0 fully saturated rings. The molecule has 0 aromatic heterocycles. The molecule has 0 amide bonds. The van der Waals surface area contributed by atoms with Crippen molar-refractivity contribution in [2.24, 2.45) is 0 Å². The van der Waals surface area contributed by atoms with Crippen molar-refractivity contribution < 1.29 is 24.5 Å². The van der Waals surface area contributed by atoms with Gasteiger partial charge < -0.3 is 14.9 Å². The Bertz CT molecular complexity index is 330. The molecule has 0 unspecified atom stereocenters. The summed E-state index contributed by atoms with van der Waals surface area (Å²) in [7, 11) is 0. The van der Waals surface area contributed by atoms with Gasteiger partial charge in [0.2, 0.25) is 6.10 Å². The molecule has 0 saturated carbocycles. The van der Waals surface area contributed by atoms with E-state index in [4.69, 9.17) is 10.2 Å². The predicted octanol–water partition coefficient (Wildman–Crippen LogP) is 0.691. The lowest BCUT2D eigenvalue weighted by Crippen LogP contribution is -2.14. The summed E-state index contributed by atoms with van der Waals surface area (Å²) in [5.41, 5.74) is 0.294. The third kappa shape index (κ3) is 2.22. The molecule has 0 saturated heterocycles. The minimum Gasteiger partial charge on any atom is -0.508 e. The van der Waals surface area contributed by atoms with Crippen molar-refractivity contribution in [2.45, 2.75) is 6.10 Å². The minimum absolute atomic E-state index is 0.0176. The molecule has 1 aromatic carbocycles. The fourth-order valence-electron chi connectivity index (χ4n) is 0.984. The smallest absolute Gasteiger partial charge is 0.349 e. The van der Waals surface area contributed by atoms with Crippen LogP contribution in [-0.2, 0) is 14.3 Å². The van der Waals surface area contributed by atoms with Gasteiger partial charge in [0.25, 0.3) is 6.47 Å². The van der Waals surface area contributed by atoms with Gasteiger partial charge in [-0.15, -0.1) is 0 Å². The Morgan fingerprint density at radius 1 is 1.36 bits per heavy atom. The van der Waals surface area contributed by atoms with Crippen LogP contribution in [0.4, 0.5) is 0 Å². The van der Waals surface area contributed by atoms with Gasteiger partial charge in [0.1, 0.15) is 5.75 Å². The van der Waals surface area contributed by atoms with E-state index in [1.807, 2.05) is 0 Å². The molecular weight excluding hydrogens is 188 g/mol. The van der Waals surface area contributed by atoms with Crippen molar-refractivity contribution in [3.8, 4) is 5.75 Å². The molecule has 0 heterocycles. The fourth-order valence-corrected chi connectivity index (χ4v) is 0.984. The van der Waals surface area contributed by atoms with Crippen LogP contribution < -0.4 is 0 Å². The highest BCUT2D eigenvalue weighted by Crippen LogP contribution is 2.19. The number of aromatic hydroxyl groups is 1. The summed E-state index contributed by atoms with van der Waals surface area (Å²) in [4.78, 5) is 20.7. The molecule has 5 nitrogen and oxygen atoms in total. The average molecular weight is 196 g/mol. The van der Waals surface area contributed by atoms with Gasteiger partial charge in [-0.2, -0.15) is 0 Å². The lowest BCUT2D eigenvalue weighted by atomic mass is 10.1. The number of benzene rings is 1. The number of carbonyl (C=O) groups excluding carboxylic acids is 1. The van der Waals surface area contributed by atoms with Crippen molar-refractivity contribution in [2.75, 3.05) is 0 Å². The van der Waals surface area contributed by atoms with Crippen molar-refractivity contribution >= 4 is 12.4 Å². The summed E-state index contributed by atoms with van der Waals surface area (Å²) < 4.78 is 4.37. The van der Waals surface area contributed by atoms with Gasteiger partial charge in [0.05, 0.1) is 0 Å². The molecule has 0 radical (unpaired) electrons. The zero-order chi connectivity index (χ0) is 10.6. The number of aliphatic carboxylic acids is 1. The number of carboxylic acid groups (broad SMARTS) is 1. The highest BCUT2D eigenvalue weighted by molar-refractivity contribution is 5.75. The van der Waals surface area contributed by atoms with Crippen LogP contribution in [-0.4, -0.2) is 22.7 Å². The second kappa shape index (κ2) is 4.27. The second-order valence-electron chi connectivity index (χ2n) is 2.54. The third-order valence-corrected chi connectivity index (χ3v) is 1.61. The van der Waals surface area contributed by atoms with E-state index in [1.54, 1.807) is 0 Å². The maximum Gasteiger partial charge on any atom is 0.349 e. The SMILES string of the molecule is O=CO[C@@H](C(=O)O)c1ccc(O)cc1. The van der Waals surface area contributed by atoms with Crippen LogP contribution in [0.3, 0.4) is 0 Å². The molecule has 74 valence electrons. The van der Waals surface area contributed by atoms with Gasteiger partial charge in [-0.1, -0.05) is 12.1 Å². The van der Waals surface area contributed by atoms with Gasteiger partial charge in [-0.3, -0.25) is 4.79 Å². The molecule has 2 N–H and O–H groups in total. The Hall–Kier alpha value is -2.04. The van der Waals surface area contributed by atoms with Crippen molar-refractivity contribution in [1.29, 1.82) is 0 Å². The summed E-state index contributed by atoms with van der Waals surface area (Å²) in [5, 5.41) is 17.6. The maximum absolute atomic E-state index is 10.6. The molecule has 1 rings (SSSR count). The van der Waals surface area contributed by atoms with Crippen LogP contribution in [0.2, 0.25) is 0 Å². The minimum atomic E-state index is -1.33. The van der Waals surface area contributed by atoms with Crippen LogP contribution in [0, 0.1) is 0 Å². The number of carbonyl (C=O) groups is 2. The van der Waals surface area contributed by atoms with E-state index in [1.165, 1.54) is 24.3 Å². The molecular formula is C9H8O5. The lowest BCUT2D eigenvalue weighted by Gasteiger charge is -2.09. The van der Waals surface area contributed by atoms with Crippen LogP contribution in [0.1, 0.15) is 11.7 Å². The van der Waals surface area contributed by atoms with Crippen LogP contribution in [0.25, 0.3) is 0 Å². The van der Waals surface area contributed by atoms with Gasteiger partial charge in [0, 0.05) is 5.56 Å². The predicted molar refractivity (Wildman–Crippen MR) is 45.6 cm³/mol. The molecule has 14 heavy (non-hydrogen) atoms. The zero-order valence-corrected chi connectivity index (χ0v) is 7.08. The molecule has 0 aliphatic rings. The standard InChI is InChI=1S/C9H8O5/c10-5-14-8(9(12)13)6-1-3-7(11)4-2-6/h1-5,8,11H,(H,12,13)/t8-/m1/s1. The molecule has 5 heteroatoms. The first-order chi connectivity index (χ1) is 6.65. The summed E-state index contributed by atoms with van der Waals surface area (Å²) in [6.45, 7) is 0.0750. The second-order valence-corrected chi connectivity index (χ2v) is 2.54. The number of hydrogen-bond acceptors (Lipinski definition) is 4. The van der Waals surface area contributed by atoms with E-state index in [0.717, 1.165) is 0 Å². The molecule has 0 aliphatic heterocycles. The molecule has 0 bridgehead atoms. The van der Waals surface area contributed by atoms with E-state index in [9.17, 15) is 9.59 Å². The Kier molecular flexibility index (Phi) is 3.06. The maximum atomic E-state index is 10.6. The molecule has 1 atom stereocenters. The number of carboxylic acids is 1. The Morgan fingerprint density at radius 3 is 2.36 bits per heavy atom. The largest absolute Gasteiger partial charge is 0.508 e. The number of phenolic OH excluding ortho intramolecular Hbond substituents is 1.